The molecule has 0 atom stereocenters. The fourth-order valence-electron chi connectivity index (χ4n) is 4.20. The molecule has 4 aromatic rings. The Balaban J connectivity index is 1.35. The summed E-state index contributed by atoms with van der Waals surface area (Å²) in [7, 11) is -0.0322. The van der Waals surface area contributed by atoms with Crippen LogP contribution in [0, 0.1) is 11.7 Å². The predicted octanol–water partition coefficient (Wildman–Crippen LogP) is 7.29. The molecule has 1 saturated heterocycles. The minimum Gasteiger partial charge on any atom is -0.492 e. The van der Waals surface area contributed by atoms with Gasteiger partial charge in [-0.15, -0.1) is 0 Å². The summed E-state index contributed by atoms with van der Waals surface area (Å²) in [6, 6.07) is 14.7. The molecule has 41 heavy (non-hydrogen) atoms. The third-order valence-electron chi connectivity index (χ3n) is 6.27. The van der Waals surface area contributed by atoms with E-state index < -0.39 is 10.0 Å². The lowest BCUT2D eigenvalue weighted by Crippen LogP contribution is -2.20. The van der Waals surface area contributed by atoms with Crippen LogP contribution in [0.2, 0.25) is 5.02 Å². The molecule has 1 aliphatic rings. The SMILES string of the molecule is CCOc1cc2ncnc(Nc3ccc(OCc4cccc(F)c4)c(Cl)c3)c2cc1NS(=O)(=O)CCC1CSSC1. The zero-order chi connectivity index (χ0) is 28.8. The van der Waals surface area contributed by atoms with Crippen molar-refractivity contribution in [3.05, 3.63) is 77.3 Å². The molecule has 0 spiro atoms. The number of anilines is 3. The quantitative estimate of drug-likeness (QED) is 0.156. The zero-order valence-corrected chi connectivity index (χ0v) is 25.3. The zero-order valence-electron chi connectivity index (χ0n) is 22.1. The van der Waals surface area contributed by atoms with E-state index in [1.165, 1.54) is 18.5 Å². The third-order valence-corrected chi connectivity index (χ3v) is 10.6. The van der Waals surface area contributed by atoms with E-state index in [0.29, 0.717) is 69.1 Å². The van der Waals surface area contributed by atoms with Crippen molar-refractivity contribution in [3.63, 3.8) is 0 Å². The number of aromatic nitrogens is 2. The van der Waals surface area contributed by atoms with Crippen molar-refractivity contribution in [2.75, 3.05) is 33.9 Å². The number of hydrogen-bond donors (Lipinski definition) is 2. The van der Waals surface area contributed by atoms with Gasteiger partial charge < -0.3 is 14.8 Å². The van der Waals surface area contributed by atoms with Crippen molar-refractivity contribution in [2.45, 2.75) is 20.0 Å². The van der Waals surface area contributed by atoms with E-state index in [4.69, 9.17) is 21.1 Å². The standard InChI is InChI=1S/C28H28ClFN4O4S3/c1-2-37-27-13-24-22(12-25(27)34-41(35,36)9-8-19-15-39-40-16-19)28(32-17-31-24)33-21-6-7-26(23(29)11-21)38-14-18-4-3-5-20(30)10-18/h3-7,10-13,17,19,34H,2,8-9,14-16H2,1H3,(H,31,32,33). The summed E-state index contributed by atoms with van der Waals surface area (Å²) in [6.07, 6.45) is 2.02. The molecule has 3 aromatic carbocycles. The van der Waals surface area contributed by atoms with E-state index in [-0.39, 0.29) is 18.2 Å². The maximum atomic E-state index is 13.5. The molecule has 0 bridgehead atoms. The summed E-state index contributed by atoms with van der Waals surface area (Å²) >= 11 is 6.47. The summed E-state index contributed by atoms with van der Waals surface area (Å²) in [4.78, 5) is 8.74. The molecule has 0 saturated carbocycles. The molecule has 8 nitrogen and oxygen atoms in total. The monoisotopic (exact) mass is 634 g/mol. The average Bonchev–Trinajstić information content (AvgIpc) is 3.46. The Morgan fingerprint density at radius 2 is 1.88 bits per heavy atom. The third kappa shape index (κ3) is 7.88. The number of nitrogens with one attached hydrogen (secondary N) is 2. The van der Waals surface area contributed by atoms with Crippen LogP contribution in [0.3, 0.4) is 0 Å². The maximum absolute atomic E-state index is 13.5. The van der Waals surface area contributed by atoms with Gasteiger partial charge in [0.15, 0.2) is 0 Å². The molecule has 2 heterocycles. The van der Waals surface area contributed by atoms with Crippen LogP contribution in [0.5, 0.6) is 11.5 Å². The van der Waals surface area contributed by atoms with E-state index >= 15 is 0 Å². The van der Waals surface area contributed by atoms with Gasteiger partial charge in [-0.1, -0.05) is 45.3 Å². The minimum absolute atomic E-state index is 0.0327. The van der Waals surface area contributed by atoms with E-state index in [9.17, 15) is 12.8 Å². The van der Waals surface area contributed by atoms with Gasteiger partial charge in [0.2, 0.25) is 10.0 Å². The van der Waals surface area contributed by atoms with Crippen LogP contribution in [0.1, 0.15) is 18.9 Å². The molecule has 1 aromatic heterocycles. The fraction of sp³-hybridized carbons (Fsp3) is 0.286. The second kappa shape index (κ2) is 13.4. The molecular weight excluding hydrogens is 607 g/mol. The number of nitrogens with zero attached hydrogens (tertiary/aromatic N) is 2. The highest BCUT2D eigenvalue weighted by Gasteiger charge is 2.22. The van der Waals surface area contributed by atoms with Crippen molar-refractivity contribution in [1.29, 1.82) is 0 Å². The van der Waals surface area contributed by atoms with E-state index in [0.717, 1.165) is 11.5 Å². The minimum atomic E-state index is -3.60. The molecule has 0 aliphatic carbocycles. The van der Waals surface area contributed by atoms with Gasteiger partial charge in [-0.3, -0.25) is 4.72 Å². The van der Waals surface area contributed by atoms with Gasteiger partial charge in [-0.25, -0.2) is 22.8 Å². The van der Waals surface area contributed by atoms with Crippen LogP contribution in [-0.2, 0) is 16.6 Å². The van der Waals surface area contributed by atoms with E-state index in [2.05, 4.69) is 20.0 Å². The number of rotatable bonds is 12. The summed E-state index contributed by atoms with van der Waals surface area (Å²) in [5, 5.41) is 4.19. The molecule has 0 amide bonds. The van der Waals surface area contributed by atoms with Crippen LogP contribution >= 0.6 is 33.2 Å². The lowest BCUT2D eigenvalue weighted by molar-refractivity contribution is 0.306. The van der Waals surface area contributed by atoms with Crippen molar-refractivity contribution in [1.82, 2.24) is 9.97 Å². The lowest BCUT2D eigenvalue weighted by Gasteiger charge is -2.16. The van der Waals surface area contributed by atoms with Crippen molar-refractivity contribution >= 4 is 71.3 Å². The first-order chi connectivity index (χ1) is 19.8. The van der Waals surface area contributed by atoms with Gasteiger partial charge >= 0.3 is 0 Å². The smallest absolute Gasteiger partial charge is 0.232 e. The summed E-state index contributed by atoms with van der Waals surface area (Å²) < 4.78 is 53.7. The van der Waals surface area contributed by atoms with Crippen LogP contribution in [0.25, 0.3) is 10.9 Å². The van der Waals surface area contributed by atoms with Gasteiger partial charge in [0, 0.05) is 28.6 Å². The van der Waals surface area contributed by atoms with Crippen LogP contribution in [0.15, 0.2) is 60.9 Å². The molecule has 0 radical (unpaired) electrons. The Morgan fingerprint density at radius 1 is 1.05 bits per heavy atom. The van der Waals surface area contributed by atoms with Gasteiger partial charge in [0.1, 0.15) is 36.1 Å². The van der Waals surface area contributed by atoms with Crippen LogP contribution in [-0.4, -0.2) is 42.3 Å². The first kappa shape index (κ1) is 29.6. The van der Waals surface area contributed by atoms with Gasteiger partial charge in [-0.05, 0) is 61.2 Å². The summed E-state index contributed by atoms with van der Waals surface area (Å²) in [6.45, 7) is 2.36. The topological polar surface area (TPSA) is 102 Å². The Morgan fingerprint density at radius 3 is 2.63 bits per heavy atom. The molecular formula is C28H28ClFN4O4S3. The van der Waals surface area contributed by atoms with Crippen molar-refractivity contribution in [2.24, 2.45) is 5.92 Å². The fourth-order valence-corrected chi connectivity index (χ4v) is 8.71. The molecule has 1 aliphatic heterocycles. The van der Waals surface area contributed by atoms with E-state index in [1.807, 2.05) is 6.92 Å². The van der Waals surface area contributed by atoms with E-state index in [1.54, 1.807) is 64.1 Å². The number of benzene rings is 3. The number of halogens is 2. The normalized spacial score (nSPS) is 13.8. The number of fused-ring (bicyclic) bond motifs is 1. The molecule has 5 rings (SSSR count). The highest BCUT2D eigenvalue weighted by atomic mass is 35.5. The average molecular weight is 635 g/mol. The largest absolute Gasteiger partial charge is 0.492 e. The van der Waals surface area contributed by atoms with Gasteiger partial charge in [0.05, 0.1) is 28.6 Å². The Bertz CT molecular complexity index is 1640. The first-order valence-electron chi connectivity index (χ1n) is 12.9. The Kier molecular flexibility index (Phi) is 9.64. The number of ether oxygens (including phenoxy) is 2. The highest BCUT2D eigenvalue weighted by molar-refractivity contribution is 8.77. The molecule has 1 fully saturated rings. The molecule has 13 heteroatoms. The molecule has 216 valence electrons. The lowest BCUT2D eigenvalue weighted by atomic mass is 10.1. The number of sulfonamides is 1. The second-order valence-corrected chi connectivity index (χ2v) is 14.2. The van der Waals surface area contributed by atoms with Crippen LogP contribution in [0.4, 0.5) is 21.6 Å². The molecule has 2 N–H and O–H groups in total. The summed E-state index contributed by atoms with van der Waals surface area (Å²) in [5.41, 5.74) is 2.23. The van der Waals surface area contributed by atoms with Crippen LogP contribution < -0.4 is 19.5 Å². The maximum Gasteiger partial charge on any atom is 0.232 e. The number of hydrogen-bond acceptors (Lipinski definition) is 9. The summed E-state index contributed by atoms with van der Waals surface area (Å²) in [5.74, 6) is 3.32. The van der Waals surface area contributed by atoms with Gasteiger partial charge in [-0.2, -0.15) is 0 Å². The Hall–Kier alpha value is -2.93. The second-order valence-electron chi connectivity index (χ2n) is 9.35. The van der Waals surface area contributed by atoms with Gasteiger partial charge in [0.25, 0.3) is 0 Å². The molecule has 0 unspecified atom stereocenters. The van der Waals surface area contributed by atoms with Crippen molar-refractivity contribution < 1.29 is 22.3 Å². The Labute approximate surface area is 251 Å². The highest BCUT2D eigenvalue weighted by Crippen LogP contribution is 2.37. The predicted molar refractivity (Wildman–Crippen MR) is 167 cm³/mol. The first-order valence-corrected chi connectivity index (χ1v) is 17.4. The van der Waals surface area contributed by atoms with Crippen molar-refractivity contribution in [3.8, 4) is 11.5 Å².